The fourth-order valence-electron chi connectivity index (χ4n) is 0. The quantitative estimate of drug-likeness (QED) is 0.213. The molecule has 16 heavy (non-hydrogen) atoms. The Labute approximate surface area is 206 Å². The zero-order valence-corrected chi connectivity index (χ0v) is 26.1. The molecule has 0 aliphatic rings. The zero-order valence-electron chi connectivity index (χ0n) is 7.22. The summed E-state index contributed by atoms with van der Waals surface area (Å²) in [6.45, 7) is 0. The van der Waals surface area contributed by atoms with Crippen molar-refractivity contribution in [2.75, 3.05) is 0 Å². The van der Waals surface area contributed by atoms with Gasteiger partial charge in [-0.2, -0.15) is 0 Å². The van der Waals surface area contributed by atoms with Crippen molar-refractivity contribution in [1.82, 2.24) is 0 Å². The van der Waals surface area contributed by atoms with Crippen molar-refractivity contribution in [2.45, 2.75) is 0 Å². The van der Waals surface area contributed by atoms with Crippen LogP contribution in [0.2, 0.25) is 0 Å². The van der Waals surface area contributed by atoms with Gasteiger partial charge in [-0.15, -0.1) is 0 Å². The van der Waals surface area contributed by atoms with Gasteiger partial charge in [0, 0.05) is 71.2 Å². The Morgan fingerprint density at radius 1 is 0.500 bits per heavy atom. The van der Waals surface area contributed by atoms with Crippen molar-refractivity contribution < 1.29 is 159 Å². The van der Waals surface area contributed by atoms with E-state index in [1.807, 2.05) is 0 Å². The number of hydrogen-bond donors (Lipinski definition) is 0. The molecule has 0 aromatic heterocycles. The molecule has 0 aromatic rings. The maximum absolute atomic E-state index is 8.58. The van der Waals surface area contributed by atoms with E-state index in [0.717, 1.165) is 0 Å². The first kappa shape index (κ1) is 43.0. The predicted octanol–water partition coefficient (Wildman–Crippen LogP) is -8.26. The van der Waals surface area contributed by atoms with Gasteiger partial charge in [0.1, 0.15) is 0 Å². The van der Waals surface area contributed by atoms with E-state index in [1.165, 1.54) is 0 Å². The molecule has 0 unspecified atom stereocenters. The molecule has 0 saturated carbocycles. The molecule has 0 spiro atoms. The summed E-state index contributed by atoms with van der Waals surface area (Å²) in [5, 5.41) is 0. The minimum absolute atomic E-state index is 0. The molecular formula is Bi2La2O9Ti3. The molecule has 0 saturated heterocycles. The van der Waals surface area contributed by atoms with Gasteiger partial charge in [0.05, 0.1) is 0 Å². The van der Waals surface area contributed by atoms with Crippen LogP contribution in [0.3, 0.4) is 0 Å². The van der Waals surface area contributed by atoms with Gasteiger partial charge in [-0.1, -0.05) is 0 Å². The second-order valence-corrected chi connectivity index (χ2v) is 3.09. The first-order valence-corrected chi connectivity index (χ1v) is 7.57. The Hall–Kier alpha value is 5.46. The molecular weight excluding hydrogens is 983 g/mol. The second kappa shape index (κ2) is 37.1. The Kier molecular flexibility index (Phi) is 99.5. The van der Waals surface area contributed by atoms with E-state index in [-0.39, 0.29) is 124 Å². The second-order valence-electron chi connectivity index (χ2n) is 0.750. The molecule has 0 fully saturated rings. The summed E-state index contributed by atoms with van der Waals surface area (Å²) in [6, 6.07) is 0. The molecule has 0 aliphatic carbocycles. The van der Waals surface area contributed by atoms with Gasteiger partial charge in [0.15, 0.2) is 0 Å². The molecule has 6 radical (unpaired) electrons. The molecule has 0 amide bonds. The average molecular weight is 983 g/mol. The van der Waals surface area contributed by atoms with E-state index in [4.69, 9.17) is 32.1 Å². The van der Waals surface area contributed by atoms with Crippen molar-refractivity contribution in [3.05, 3.63) is 0 Å². The normalized spacial score (nSPS) is 4.88. The van der Waals surface area contributed by atoms with Crippen LogP contribution in [0.4, 0.5) is 0 Å². The molecule has 0 bridgehead atoms. The van der Waals surface area contributed by atoms with E-state index in [1.54, 1.807) is 0 Å². The fraction of sp³-hybridized carbons (Fsp3) is 0. The van der Waals surface area contributed by atoms with E-state index < -0.39 is 55.8 Å². The Bertz CT molecular complexity index is 124. The summed E-state index contributed by atoms with van der Waals surface area (Å²) in [5.74, 6) is 0. The van der Waals surface area contributed by atoms with Gasteiger partial charge in [-0.3, -0.25) is 0 Å². The van der Waals surface area contributed by atoms with Crippen LogP contribution in [-0.2, 0) is 65.8 Å². The van der Waals surface area contributed by atoms with Gasteiger partial charge >= 0.3 is 140 Å². The first-order valence-electron chi connectivity index (χ1n) is 1.84. The Balaban J connectivity index is -0.0000000135. The molecule has 0 aromatic carbocycles. The zero-order chi connectivity index (χ0) is 10.7. The van der Waals surface area contributed by atoms with Gasteiger partial charge in [0.2, 0.25) is 0 Å². The van der Waals surface area contributed by atoms with Crippen LogP contribution in [0.25, 0.3) is 0 Å². The van der Waals surface area contributed by atoms with Crippen molar-refractivity contribution in [3.8, 4) is 0 Å². The van der Waals surface area contributed by atoms with Crippen molar-refractivity contribution >= 4 is 52.4 Å². The van der Waals surface area contributed by atoms with Crippen LogP contribution in [0.1, 0.15) is 0 Å². The van der Waals surface area contributed by atoms with Gasteiger partial charge in [-0.25, -0.2) is 0 Å². The minimum atomic E-state index is -4.08. The van der Waals surface area contributed by atoms with Gasteiger partial charge in [0.25, 0.3) is 0 Å². The van der Waals surface area contributed by atoms with E-state index in [9.17, 15) is 0 Å². The molecule has 0 atom stereocenters. The topological polar surface area (TPSA) is 190 Å². The first-order chi connectivity index (χ1) is 5.20. The van der Waals surface area contributed by atoms with E-state index in [0.29, 0.717) is 0 Å². The molecule has 0 N–H and O–H groups in total. The van der Waals surface area contributed by atoms with Crippen LogP contribution < -0.4 is 22.1 Å². The van der Waals surface area contributed by atoms with Crippen LogP contribution in [0.15, 0.2) is 0 Å². The third-order valence-electron chi connectivity index (χ3n) is 0. The van der Waals surface area contributed by atoms with Crippen LogP contribution in [-0.4, -0.2) is 52.4 Å². The average Bonchev–Trinajstić information content (AvgIpc) is 1.54. The molecule has 0 heterocycles. The predicted molar refractivity (Wildman–Crippen MR) is 13.6 cm³/mol. The van der Waals surface area contributed by atoms with Crippen LogP contribution in [0, 0.1) is 71.2 Å². The monoisotopic (exact) mass is 984 g/mol. The SMILES string of the molecule is [Bi+3].[Bi+3].[La].[La].[O]=[Ti]([O-])[O-].[O]=[Ti]([O-])[O-].[O]=[Ti]([O-])[O-]. The van der Waals surface area contributed by atoms with Crippen molar-refractivity contribution in [3.63, 3.8) is 0 Å². The van der Waals surface area contributed by atoms with E-state index in [2.05, 4.69) is 0 Å². The van der Waals surface area contributed by atoms with E-state index >= 15 is 0 Å². The Morgan fingerprint density at radius 3 is 0.500 bits per heavy atom. The summed E-state index contributed by atoms with van der Waals surface area (Å²) < 4.78 is 77.2. The third-order valence-corrected chi connectivity index (χ3v) is 0. The fourth-order valence-corrected chi connectivity index (χ4v) is 0. The summed E-state index contributed by atoms with van der Waals surface area (Å²) in [7, 11) is 0. The molecule has 82 valence electrons. The van der Waals surface area contributed by atoms with Crippen molar-refractivity contribution in [2.24, 2.45) is 0 Å². The van der Waals surface area contributed by atoms with Crippen LogP contribution >= 0.6 is 0 Å². The maximum atomic E-state index is 8.58. The third kappa shape index (κ3) is 223. The molecule has 9 nitrogen and oxygen atoms in total. The summed E-state index contributed by atoms with van der Waals surface area (Å²) in [5.41, 5.74) is 0. The summed E-state index contributed by atoms with van der Waals surface area (Å²) in [4.78, 5) is 0. The molecule has 0 aliphatic heterocycles. The van der Waals surface area contributed by atoms with Crippen molar-refractivity contribution in [1.29, 1.82) is 0 Å². The number of hydrogen-bond acceptors (Lipinski definition) is 9. The van der Waals surface area contributed by atoms with Gasteiger partial charge < -0.3 is 0 Å². The standard InChI is InChI=1S/2Bi.2La.9O.3Ti/q2*+3;;;;;;6*-1;;;. The Morgan fingerprint density at radius 2 is 0.500 bits per heavy atom. The number of rotatable bonds is 0. The summed E-state index contributed by atoms with van der Waals surface area (Å²) >= 11 is -12.2. The van der Waals surface area contributed by atoms with Gasteiger partial charge in [-0.05, 0) is 0 Å². The molecule has 0 rings (SSSR count). The molecule has 16 heteroatoms. The van der Waals surface area contributed by atoms with Crippen LogP contribution in [0.5, 0.6) is 0 Å². The summed E-state index contributed by atoms with van der Waals surface area (Å²) in [6.07, 6.45) is 0.